The van der Waals surface area contributed by atoms with E-state index in [1.807, 2.05) is 39.0 Å². The van der Waals surface area contributed by atoms with Crippen LogP contribution in [0.1, 0.15) is 49.9 Å². The highest BCUT2D eigenvalue weighted by Gasteiger charge is 2.13. The van der Waals surface area contributed by atoms with E-state index in [-0.39, 0.29) is 5.78 Å². The Morgan fingerprint density at radius 1 is 1.30 bits per heavy atom. The van der Waals surface area contributed by atoms with Crippen molar-refractivity contribution >= 4 is 16.8 Å². The summed E-state index contributed by atoms with van der Waals surface area (Å²) in [6.07, 6.45) is 0. The van der Waals surface area contributed by atoms with E-state index in [2.05, 4.69) is 28.7 Å². The molecule has 4 heteroatoms. The maximum atomic E-state index is 12.1. The monoisotopic (exact) mass is 273 g/mol. The first-order chi connectivity index (χ1) is 9.40. The van der Waals surface area contributed by atoms with Gasteiger partial charge < -0.3 is 9.88 Å². The lowest BCUT2D eigenvalue weighted by atomic mass is 10.1. The van der Waals surface area contributed by atoms with Gasteiger partial charge in [0, 0.05) is 17.6 Å². The Bertz CT molecular complexity index is 626. The van der Waals surface area contributed by atoms with E-state index in [4.69, 9.17) is 0 Å². The first kappa shape index (κ1) is 14.7. The molecular weight excluding hydrogens is 250 g/mol. The van der Waals surface area contributed by atoms with Crippen LogP contribution in [0.3, 0.4) is 0 Å². The highest BCUT2D eigenvalue weighted by Crippen LogP contribution is 2.21. The molecule has 2 aromatic rings. The van der Waals surface area contributed by atoms with Gasteiger partial charge in [-0.05, 0) is 39.0 Å². The Morgan fingerprint density at radius 2 is 2.00 bits per heavy atom. The lowest BCUT2D eigenvalue weighted by Crippen LogP contribution is -2.29. The van der Waals surface area contributed by atoms with Crippen LogP contribution in [0.2, 0.25) is 0 Å². The quantitative estimate of drug-likeness (QED) is 0.851. The van der Waals surface area contributed by atoms with Gasteiger partial charge in [-0.15, -0.1) is 0 Å². The molecule has 0 amide bonds. The average molecular weight is 273 g/mol. The Kier molecular flexibility index (Phi) is 4.23. The summed E-state index contributed by atoms with van der Waals surface area (Å²) in [6.45, 7) is 10.7. The predicted octanol–water partition coefficient (Wildman–Crippen LogP) is 3.11. The number of carbonyl (C=O) groups excluding carboxylic acids is 1. The van der Waals surface area contributed by atoms with E-state index < -0.39 is 0 Å². The molecule has 1 aromatic heterocycles. The summed E-state index contributed by atoms with van der Waals surface area (Å²) in [4.78, 5) is 16.7. The molecule has 0 aliphatic rings. The molecule has 2 rings (SSSR count). The molecule has 0 atom stereocenters. The first-order valence-electron chi connectivity index (χ1n) is 7.15. The van der Waals surface area contributed by atoms with Crippen molar-refractivity contribution in [2.45, 2.75) is 46.7 Å². The standard InChI is InChI=1S/C16H23N3O/c1-10(2)17-9-16(20)13-6-7-15-14(8-13)18-12(5)19(15)11(3)4/h6-8,10-11,17H,9H2,1-5H3. The summed E-state index contributed by atoms with van der Waals surface area (Å²) in [5.74, 6) is 1.09. The third-order valence-corrected chi connectivity index (χ3v) is 3.38. The molecule has 0 saturated carbocycles. The number of ketones is 1. The molecule has 20 heavy (non-hydrogen) atoms. The van der Waals surface area contributed by atoms with Crippen molar-refractivity contribution in [3.8, 4) is 0 Å². The van der Waals surface area contributed by atoms with E-state index in [9.17, 15) is 4.79 Å². The lowest BCUT2D eigenvalue weighted by molar-refractivity contribution is 0.0988. The molecule has 0 radical (unpaired) electrons. The number of aromatic nitrogens is 2. The third-order valence-electron chi connectivity index (χ3n) is 3.38. The molecular formula is C16H23N3O. The van der Waals surface area contributed by atoms with Gasteiger partial charge in [-0.2, -0.15) is 0 Å². The Hall–Kier alpha value is -1.68. The average Bonchev–Trinajstić information content (AvgIpc) is 2.70. The van der Waals surface area contributed by atoms with Crippen LogP contribution in [-0.4, -0.2) is 27.9 Å². The number of carbonyl (C=O) groups is 1. The Morgan fingerprint density at radius 3 is 2.60 bits per heavy atom. The van der Waals surface area contributed by atoms with Crippen molar-refractivity contribution in [2.24, 2.45) is 0 Å². The van der Waals surface area contributed by atoms with Crippen LogP contribution in [0.5, 0.6) is 0 Å². The Balaban J connectivity index is 2.33. The number of aryl methyl sites for hydroxylation is 1. The number of fused-ring (bicyclic) bond motifs is 1. The molecule has 0 fully saturated rings. The van der Waals surface area contributed by atoms with Gasteiger partial charge >= 0.3 is 0 Å². The molecule has 4 nitrogen and oxygen atoms in total. The van der Waals surface area contributed by atoms with Crippen LogP contribution in [0.15, 0.2) is 18.2 Å². The summed E-state index contributed by atoms with van der Waals surface area (Å²) in [5, 5.41) is 3.15. The minimum Gasteiger partial charge on any atom is -0.326 e. The van der Waals surface area contributed by atoms with Gasteiger partial charge in [0.2, 0.25) is 0 Å². The van der Waals surface area contributed by atoms with Crippen molar-refractivity contribution in [2.75, 3.05) is 6.54 Å². The molecule has 1 N–H and O–H groups in total. The molecule has 0 unspecified atom stereocenters. The van der Waals surface area contributed by atoms with Gasteiger partial charge in [0.1, 0.15) is 5.82 Å². The number of Topliss-reactive ketones (excluding diaryl/α,β-unsaturated/α-hetero) is 1. The fourth-order valence-electron chi connectivity index (χ4n) is 2.44. The number of nitrogens with zero attached hydrogens (tertiary/aromatic N) is 2. The zero-order valence-electron chi connectivity index (χ0n) is 12.9. The van der Waals surface area contributed by atoms with Crippen LogP contribution >= 0.6 is 0 Å². The highest BCUT2D eigenvalue weighted by atomic mass is 16.1. The first-order valence-corrected chi connectivity index (χ1v) is 7.15. The zero-order chi connectivity index (χ0) is 14.9. The smallest absolute Gasteiger partial charge is 0.176 e. The molecule has 1 aromatic carbocycles. The van der Waals surface area contributed by atoms with Gasteiger partial charge in [0.25, 0.3) is 0 Å². The van der Waals surface area contributed by atoms with E-state index in [1.165, 1.54) is 0 Å². The van der Waals surface area contributed by atoms with Crippen LogP contribution < -0.4 is 5.32 Å². The minimum atomic E-state index is 0.109. The van der Waals surface area contributed by atoms with Crippen molar-refractivity contribution in [3.05, 3.63) is 29.6 Å². The fraction of sp³-hybridized carbons (Fsp3) is 0.500. The summed E-state index contributed by atoms with van der Waals surface area (Å²) >= 11 is 0. The van der Waals surface area contributed by atoms with E-state index >= 15 is 0 Å². The normalized spacial score (nSPS) is 11.8. The van der Waals surface area contributed by atoms with Crippen LogP contribution in [0.4, 0.5) is 0 Å². The molecule has 0 saturated heterocycles. The minimum absolute atomic E-state index is 0.109. The van der Waals surface area contributed by atoms with E-state index in [0.29, 0.717) is 18.6 Å². The van der Waals surface area contributed by atoms with Gasteiger partial charge in [0.05, 0.1) is 17.6 Å². The molecule has 0 bridgehead atoms. The van der Waals surface area contributed by atoms with Gasteiger partial charge in [0.15, 0.2) is 5.78 Å². The van der Waals surface area contributed by atoms with Crippen LogP contribution in [0.25, 0.3) is 11.0 Å². The van der Waals surface area contributed by atoms with Crippen molar-refractivity contribution in [1.29, 1.82) is 0 Å². The number of rotatable bonds is 5. The second-order valence-corrected chi connectivity index (χ2v) is 5.79. The van der Waals surface area contributed by atoms with Gasteiger partial charge in [-0.3, -0.25) is 4.79 Å². The van der Waals surface area contributed by atoms with Crippen LogP contribution in [-0.2, 0) is 0 Å². The number of imidazole rings is 1. The zero-order valence-corrected chi connectivity index (χ0v) is 12.9. The fourth-order valence-corrected chi connectivity index (χ4v) is 2.44. The molecule has 1 heterocycles. The SMILES string of the molecule is Cc1nc2cc(C(=O)CNC(C)C)ccc2n1C(C)C. The number of nitrogens with one attached hydrogen (secondary N) is 1. The topological polar surface area (TPSA) is 46.9 Å². The highest BCUT2D eigenvalue weighted by molar-refractivity contribution is 6.00. The predicted molar refractivity (Wildman–Crippen MR) is 82.3 cm³/mol. The second kappa shape index (κ2) is 5.75. The van der Waals surface area contributed by atoms with Crippen LogP contribution in [0, 0.1) is 6.92 Å². The van der Waals surface area contributed by atoms with E-state index in [1.54, 1.807) is 0 Å². The van der Waals surface area contributed by atoms with Gasteiger partial charge in [-0.25, -0.2) is 4.98 Å². The van der Waals surface area contributed by atoms with Crippen molar-refractivity contribution in [1.82, 2.24) is 14.9 Å². The Labute approximate surface area is 120 Å². The number of hydrogen-bond donors (Lipinski definition) is 1. The van der Waals surface area contributed by atoms with Crippen molar-refractivity contribution < 1.29 is 4.79 Å². The number of benzene rings is 1. The largest absolute Gasteiger partial charge is 0.326 e. The summed E-state index contributed by atoms with van der Waals surface area (Å²) in [7, 11) is 0. The molecule has 0 aliphatic carbocycles. The molecule has 0 spiro atoms. The second-order valence-electron chi connectivity index (χ2n) is 5.79. The van der Waals surface area contributed by atoms with E-state index in [0.717, 1.165) is 22.4 Å². The summed E-state index contributed by atoms with van der Waals surface area (Å²) < 4.78 is 2.19. The number of hydrogen-bond acceptors (Lipinski definition) is 3. The third kappa shape index (κ3) is 2.90. The maximum Gasteiger partial charge on any atom is 0.176 e. The lowest BCUT2D eigenvalue weighted by Gasteiger charge is -2.11. The summed E-state index contributed by atoms with van der Waals surface area (Å²) in [5.41, 5.74) is 2.71. The summed E-state index contributed by atoms with van der Waals surface area (Å²) in [6, 6.07) is 6.46. The molecule has 0 aliphatic heterocycles. The van der Waals surface area contributed by atoms with Gasteiger partial charge in [-0.1, -0.05) is 13.8 Å². The maximum absolute atomic E-state index is 12.1. The molecule has 108 valence electrons. The van der Waals surface area contributed by atoms with Crippen molar-refractivity contribution in [3.63, 3.8) is 0 Å².